The zero-order valence-electron chi connectivity index (χ0n) is 14.0. The van der Waals surface area contributed by atoms with Gasteiger partial charge in [0.25, 0.3) is 0 Å². The Morgan fingerprint density at radius 3 is 2.43 bits per heavy atom. The topological polar surface area (TPSA) is 52.6 Å². The molecule has 2 aliphatic rings. The highest BCUT2D eigenvalue weighted by molar-refractivity contribution is 5.74. The average Bonchev–Trinajstić information content (AvgIpc) is 3.41. The van der Waals surface area contributed by atoms with E-state index in [1.54, 1.807) is 0 Å². The monoisotopic (exact) mass is 316 g/mol. The fourth-order valence-electron chi connectivity index (χ4n) is 3.76. The first-order valence-electron chi connectivity index (χ1n) is 8.82. The predicted molar refractivity (Wildman–Crippen MR) is 91.3 cm³/mol. The second kappa shape index (κ2) is 6.91. The Kier molecular flexibility index (Phi) is 4.90. The maximum Gasteiger partial charge on any atom is 0.317 e. The van der Waals surface area contributed by atoms with Gasteiger partial charge < -0.3 is 15.3 Å². The van der Waals surface area contributed by atoms with Gasteiger partial charge in [-0.15, -0.1) is 0 Å². The van der Waals surface area contributed by atoms with E-state index in [1.807, 2.05) is 18.0 Å². The Morgan fingerprint density at radius 2 is 1.87 bits per heavy atom. The summed E-state index contributed by atoms with van der Waals surface area (Å²) < 4.78 is 0. The van der Waals surface area contributed by atoms with E-state index >= 15 is 0 Å². The largest absolute Gasteiger partial charge is 0.396 e. The number of urea groups is 1. The van der Waals surface area contributed by atoms with Gasteiger partial charge in [0.05, 0.1) is 0 Å². The minimum Gasteiger partial charge on any atom is -0.396 e. The van der Waals surface area contributed by atoms with E-state index < -0.39 is 0 Å². The molecule has 3 rings (SSSR count). The molecule has 2 aliphatic carbocycles. The molecule has 23 heavy (non-hydrogen) atoms. The van der Waals surface area contributed by atoms with Crippen LogP contribution in [-0.4, -0.2) is 42.3 Å². The van der Waals surface area contributed by atoms with Crippen LogP contribution < -0.4 is 5.32 Å². The Balaban J connectivity index is 1.50. The molecule has 0 bridgehead atoms. The molecule has 2 saturated carbocycles. The van der Waals surface area contributed by atoms with Crippen molar-refractivity contribution in [1.29, 1.82) is 0 Å². The summed E-state index contributed by atoms with van der Waals surface area (Å²) >= 11 is 0. The van der Waals surface area contributed by atoms with Gasteiger partial charge in [-0.3, -0.25) is 0 Å². The Hall–Kier alpha value is -1.55. The first-order chi connectivity index (χ1) is 11.1. The van der Waals surface area contributed by atoms with E-state index in [0.29, 0.717) is 12.0 Å². The van der Waals surface area contributed by atoms with Crippen molar-refractivity contribution in [1.82, 2.24) is 10.2 Å². The molecular formula is C19H28N2O2. The number of carbonyl (C=O) groups excluding carboxylic acids is 1. The van der Waals surface area contributed by atoms with Gasteiger partial charge in [0.15, 0.2) is 0 Å². The molecule has 0 unspecified atom stereocenters. The number of amides is 2. The molecule has 126 valence electrons. The summed E-state index contributed by atoms with van der Waals surface area (Å²) in [7, 11) is 1.90. The molecule has 2 fully saturated rings. The van der Waals surface area contributed by atoms with Crippen LogP contribution in [0.5, 0.6) is 0 Å². The van der Waals surface area contributed by atoms with Crippen molar-refractivity contribution in [3.63, 3.8) is 0 Å². The lowest BCUT2D eigenvalue weighted by molar-refractivity contribution is 0.134. The van der Waals surface area contributed by atoms with E-state index in [-0.39, 0.29) is 18.1 Å². The van der Waals surface area contributed by atoms with E-state index in [1.165, 1.54) is 5.56 Å². The lowest BCUT2D eigenvalue weighted by Gasteiger charge is -2.34. The average molecular weight is 316 g/mol. The minimum atomic E-state index is 0.0413. The molecule has 0 radical (unpaired) electrons. The lowest BCUT2D eigenvalue weighted by atomic mass is 9.86. The molecule has 0 spiro atoms. The zero-order chi connectivity index (χ0) is 16.3. The van der Waals surface area contributed by atoms with Crippen LogP contribution >= 0.6 is 0 Å². The van der Waals surface area contributed by atoms with E-state index in [0.717, 1.165) is 45.1 Å². The SMILES string of the molecule is CN(C(=O)NCC1(c2ccccc2)CC1)C1CCC(CO)CC1. The van der Waals surface area contributed by atoms with Crippen LogP contribution in [0, 0.1) is 5.92 Å². The summed E-state index contributed by atoms with van der Waals surface area (Å²) in [5.41, 5.74) is 1.50. The summed E-state index contributed by atoms with van der Waals surface area (Å²) in [4.78, 5) is 14.3. The summed E-state index contributed by atoms with van der Waals surface area (Å²) in [5, 5.41) is 12.4. The van der Waals surface area contributed by atoms with Gasteiger partial charge >= 0.3 is 6.03 Å². The van der Waals surface area contributed by atoms with Crippen molar-refractivity contribution in [2.24, 2.45) is 5.92 Å². The highest BCUT2D eigenvalue weighted by atomic mass is 16.3. The second-order valence-electron chi connectivity index (χ2n) is 7.27. The van der Waals surface area contributed by atoms with Gasteiger partial charge in [-0.25, -0.2) is 4.79 Å². The van der Waals surface area contributed by atoms with E-state index in [9.17, 15) is 9.90 Å². The third-order valence-electron chi connectivity index (χ3n) is 5.76. The summed E-state index contributed by atoms with van der Waals surface area (Å²) in [6, 6.07) is 10.9. The number of nitrogens with zero attached hydrogens (tertiary/aromatic N) is 1. The van der Waals surface area contributed by atoms with Crippen molar-refractivity contribution in [3.05, 3.63) is 35.9 Å². The molecule has 0 aliphatic heterocycles. The van der Waals surface area contributed by atoms with Gasteiger partial charge in [-0.05, 0) is 50.0 Å². The van der Waals surface area contributed by atoms with Gasteiger partial charge in [-0.1, -0.05) is 30.3 Å². The Morgan fingerprint density at radius 1 is 1.22 bits per heavy atom. The first-order valence-corrected chi connectivity index (χ1v) is 8.82. The zero-order valence-corrected chi connectivity index (χ0v) is 14.0. The maximum atomic E-state index is 12.5. The quantitative estimate of drug-likeness (QED) is 0.877. The lowest BCUT2D eigenvalue weighted by Crippen LogP contribution is -2.47. The van der Waals surface area contributed by atoms with Gasteiger partial charge in [0.1, 0.15) is 0 Å². The number of rotatable bonds is 5. The number of aliphatic hydroxyl groups is 1. The van der Waals surface area contributed by atoms with Crippen LogP contribution in [0.1, 0.15) is 44.1 Å². The Bertz CT molecular complexity index is 519. The number of aliphatic hydroxyl groups excluding tert-OH is 1. The number of hydrogen-bond donors (Lipinski definition) is 2. The molecule has 2 amide bonds. The number of carbonyl (C=O) groups is 1. The van der Waals surface area contributed by atoms with Gasteiger partial charge in [0.2, 0.25) is 0 Å². The molecule has 4 heteroatoms. The van der Waals surface area contributed by atoms with Gasteiger partial charge in [0, 0.05) is 31.7 Å². The fraction of sp³-hybridized carbons (Fsp3) is 0.632. The predicted octanol–water partition coefficient (Wildman–Crippen LogP) is 2.91. The van der Waals surface area contributed by atoms with Crippen LogP contribution in [0.3, 0.4) is 0 Å². The van der Waals surface area contributed by atoms with Crippen LogP contribution in [0.2, 0.25) is 0 Å². The van der Waals surface area contributed by atoms with Crippen molar-refractivity contribution in [2.75, 3.05) is 20.2 Å². The minimum absolute atomic E-state index is 0.0413. The molecular weight excluding hydrogens is 288 g/mol. The van der Waals surface area contributed by atoms with Gasteiger partial charge in [-0.2, -0.15) is 0 Å². The molecule has 0 heterocycles. The van der Waals surface area contributed by atoms with Crippen molar-refractivity contribution in [3.8, 4) is 0 Å². The molecule has 4 nitrogen and oxygen atoms in total. The highest BCUT2D eigenvalue weighted by Gasteiger charge is 2.44. The van der Waals surface area contributed by atoms with Crippen molar-refractivity contribution in [2.45, 2.75) is 50.0 Å². The van der Waals surface area contributed by atoms with Crippen molar-refractivity contribution >= 4 is 6.03 Å². The maximum absolute atomic E-state index is 12.5. The third kappa shape index (κ3) is 3.69. The van der Waals surface area contributed by atoms with Crippen LogP contribution in [-0.2, 0) is 5.41 Å². The van der Waals surface area contributed by atoms with Crippen LogP contribution in [0.15, 0.2) is 30.3 Å². The fourth-order valence-corrected chi connectivity index (χ4v) is 3.76. The summed E-state index contributed by atoms with van der Waals surface area (Å²) in [6.45, 7) is 1.01. The number of benzene rings is 1. The Labute approximate surface area is 138 Å². The van der Waals surface area contributed by atoms with E-state index in [4.69, 9.17) is 0 Å². The third-order valence-corrected chi connectivity index (χ3v) is 5.76. The normalized spacial score (nSPS) is 25.7. The summed E-state index contributed by atoms with van der Waals surface area (Å²) in [5.74, 6) is 0.426. The molecule has 0 saturated heterocycles. The number of nitrogens with one attached hydrogen (secondary N) is 1. The van der Waals surface area contributed by atoms with E-state index in [2.05, 4.69) is 29.6 Å². The van der Waals surface area contributed by atoms with Crippen LogP contribution in [0.25, 0.3) is 0 Å². The molecule has 2 N–H and O–H groups in total. The highest BCUT2D eigenvalue weighted by Crippen LogP contribution is 2.47. The van der Waals surface area contributed by atoms with Crippen molar-refractivity contribution < 1.29 is 9.90 Å². The first kappa shape index (κ1) is 16.3. The standard InChI is InChI=1S/C19H28N2O2/c1-21(17-9-7-15(13-22)8-10-17)18(23)20-14-19(11-12-19)16-5-3-2-4-6-16/h2-6,15,17,22H,7-14H2,1H3,(H,20,23). The second-order valence-corrected chi connectivity index (χ2v) is 7.27. The molecule has 1 aromatic carbocycles. The molecule has 0 aromatic heterocycles. The van der Waals surface area contributed by atoms with Crippen LogP contribution in [0.4, 0.5) is 4.79 Å². The smallest absolute Gasteiger partial charge is 0.317 e. The number of hydrogen-bond acceptors (Lipinski definition) is 2. The molecule has 1 aromatic rings. The summed E-state index contributed by atoms with van der Waals surface area (Å²) in [6.07, 6.45) is 6.35. The molecule has 0 atom stereocenters.